The smallest absolute Gasteiger partial charge is 0.183 e. The lowest BCUT2D eigenvalue weighted by Gasteiger charge is -2.12. The Morgan fingerprint density at radius 1 is 0.857 bits per heavy atom. The number of aromatic nitrogens is 2. The molecular weight excluding hydrogens is 260 g/mol. The molecule has 3 aromatic rings. The van der Waals surface area contributed by atoms with Crippen LogP contribution in [0.15, 0.2) is 67.0 Å². The fraction of sp³-hybridized carbons (Fsp3) is 0. The van der Waals surface area contributed by atoms with Crippen molar-refractivity contribution in [1.29, 1.82) is 5.26 Å². The summed E-state index contributed by atoms with van der Waals surface area (Å²) in [7, 11) is 0. The fourth-order valence-electron chi connectivity index (χ4n) is 2.10. The van der Waals surface area contributed by atoms with Crippen LogP contribution in [0.3, 0.4) is 0 Å². The van der Waals surface area contributed by atoms with E-state index >= 15 is 0 Å². The van der Waals surface area contributed by atoms with Gasteiger partial charge < -0.3 is 5.32 Å². The normalized spacial score (nSPS) is 9.86. The summed E-state index contributed by atoms with van der Waals surface area (Å²) in [4.78, 5) is 8.19. The second-order valence-electron chi connectivity index (χ2n) is 4.40. The number of hydrogen-bond donors (Lipinski definition) is 1. The van der Waals surface area contributed by atoms with Gasteiger partial charge >= 0.3 is 0 Å². The summed E-state index contributed by atoms with van der Waals surface area (Å²) in [6.45, 7) is 0. The summed E-state index contributed by atoms with van der Waals surface area (Å²) >= 11 is 0. The molecule has 1 aromatic heterocycles. The molecule has 21 heavy (non-hydrogen) atoms. The molecule has 0 unspecified atom stereocenters. The first-order chi connectivity index (χ1) is 10.4. The van der Waals surface area contributed by atoms with Crippen LogP contribution in [0.5, 0.6) is 0 Å². The van der Waals surface area contributed by atoms with Crippen LogP contribution in [0, 0.1) is 11.3 Å². The minimum atomic E-state index is 0.278. The van der Waals surface area contributed by atoms with Crippen LogP contribution in [0.1, 0.15) is 5.69 Å². The Balaban J connectivity index is 2.03. The lowest BCUT2D eigenvalue weighted by molar-refractivity contribution is 1.16. The molecular formula is C17H12N4. The quantitative estimate of drug-likeness (QED) is 0.788. The van der Waals surface area contributed by atoms with Crippen LogP contribution in [0.25, 0.3) is 11.1 Å². The van der Waals surface area contributed by atoms with Gasteiger partial charge in [0.05, 0.1) is 0 Å². The first-order valence-electron chi connectivity index (χ1n) is 6.51. The number of para-hydroxylation sites is 1. The molecule has 4 nitrogen and oxygen atoms in total. The minimum absolute atomic E-state index is 0.278. The van der Waals surface area contributed by atoms with E-state index in [1.54, 1.807) is 6.20 Å². The van der Waals surface area contributed by atoms with Gasteiger partial charge in [-0.25, -0.2) is 9.97 Å². The molecule has 0 saturated carbocycles. The highest BCUT2D eigenvalue weighted by molar-refractivity contribution is 5.80. The minimum Gasteiger partial charge on any atom is -0.337 e. The summed E-state index contributed by atoms with van der Waals surface area (Å²) in [5, 5.41) is 12.3. The van der Waals surface area contributed by atoms with Gasteiger partial charge in [0.15, 0.2) is 11.5 Å². The Labute approximate surface area is 122 Å². The van der Waals surface area contributed by atoms with Crippen molar-refractivity contribution in [3.63, 3.8) is 0 Å². The van der Waals surface area contributed by atoms with Crippen molar-refractivity contribution in [2.24, 2.45) is 0 Å². The van der Waals surface area contributed by atoms with Crippen molar-refractivity contribution < 1.29 is 0 Å². The molecule has 0 spiro atoms. The van der Waals surface area contributed by atoms with E-state index in [0.29, 0.717) is 5.82 Å². The Hall–Kier alpha value is -3.19. The summed E-state index contributed by atoms with van der Waals surface area (Å²) < 4.78 is 0. The van der Waals surface area contributed by atoms with Crippen LogP contribution >= 0.6 is 0 Å². The number of benzene rings is 2. The first-order valence-corrected chi connectivity index (χ1v) is 6.51. The van der Waals surface area contributed by atoms with Gasteiger partial charge in [0.25, 0.3) is 0 Å². The highest BCUT2D eigenvalue weighted by Gasteiger charge is 2.08. The molecule has 0 radical (unpaired) electrons. The topological polar surface area (TPSA) is 61.6 Å². The molecule has 3 rings (SSSR count). The standard InChI is InChI=1S/C17H12N4/c18-12-16-17(20-11-10-19-16)21-15-9-5-4-8-14(15)13-6-2-1-3-7-13/h1-11H,(H,20,21). The maximum absolute atomic E-state index is 9.09. The van der Waals surface area contributed by atoms with Crippen LogP contribution in [-0.4, -0.2) is 9.97 Å². The van der Waals surface area contributed by atoms with Gasteiger partial charge in [-0.3, -0.25) is 0 Å². The van der Waals surface area contributed by atoms with Gasteiger partial charge in [-0.2, -0.15) is 5.26 Å². The van der Waals surface area contributed by atoms with E-state index in [0.717, 1.165) is 16.8 Å². The Morgan fingerprint density at radius 3 is 2.38 bits per heavy atom. The average molecular weight is 272 g/mol. The molecule has 0 aliphatic rings. The van der Waals surface area contributed by atoms with E-state index in [-0.39, 0.29) is 5.69 Å². The molecule has 0 bridgehead atoms. The molecule has 0 aliphatic carbocycles. The van der Waals surface area contributed by atoms with Gasteiger partial charge in [0.2, 0.25) is 0 Å². The number of nitrogens with one attached hydrogen (secondary N) is 1. The maximum Gasteiger partial charge on any atom is 0.183 e. The zero-order chi connectivity index (χ0) is 14.5. The van der Waals surface area contributed by atoms with Crippen LogP contribution in [-0.2, 0) is 0 Å². The average Bonchev–Trinajstić information content (AvgIpc) is 2.57. The van der Waals surface area contributed by atoms with Crippen molar-refractivity contribution in [2.75, 3.05) is 5.32 Å². The molecule has 0 fully saturated rings. The molecule has 0 aliphatic heterocycles. The number of anilines is 2. The number of nitriles is 1. The molecule has 1 heterocycles. The molecule has 0 atom stereocenters. The zero-order valence-corrected chi connectivity index (χ0v) is 11.2. The van der Waals surface area contributed by atoms with E-state index in [9.17, 15) is 0 Å². The highest BCUT2D eigenvalue weighted by atomic mass is 15.0. The van der Waals surface area contributed by atoms with Crippen LogP contribution in [0.4, 0.5) is 11.5 Å². The molecule has 0 saturated heterocycles. The first kappa shape index (κ1) is 12.8. The van der Waals surface area contributed by atoms with Crippen LogP contribution < -0.4 is 5.32 Å². The van der Waals surface area contributed by atoms with E-state index in [4.69, 9.17) is 5.26 Å². The van der Waals surface area contributed by atoms with Gasteiger partial charge in [0.1, 0.15) is 6.07 Å². The van der Waals surface area contributed by atoms with Gasteiger partial charge in [-0.1, -0.05) is 48.5 Å². The Morgan fingerprint density at radius 2 is 1.57 bits per heavy atom. The van der Waals surface area contributed by atoms with E-state index in [2.05, 4.69) is 15.3 Å². The second-order valence-corrected chi connectivity index (χ2v) is 4.40. The van der Waals surface area contributed by atoms with Gasteiger partial charge in [-0.05, 0) is 11.6 Å². The molecule has 2 aromatic carbocycles. The summed E-state index contributed by atoms with van der Waals surface area (Å²) in [6.07, 6.45) is 3.07. The number of nitrogens with zero attached hydrogens (tertiary/aromatic N) is 3. The molecule has 1 N–H and O–H groups in total. The van der Waals surface area contributed by atoms with Crippen molar-refractivity contribution in [3.05, 3.63) is 72.7 Å². The van der Waals surface area contributed by atoms with E-state index in [1.165, 1.54) is 6.20 Å². The van der Waals surface area contributed by atoms with Gasteiger partial charge in [-0.15, -0.1) is 0 Å². The molecule has 0 amide bonds. The summed E-state index contributed by atoms with van der Waals surface area (Å²) in [5.41, 5.74) is 3.32. The van der Waals surface area contributed by atoms with Crippen molar-refractivity contribution >= 4 is 11.5 Å². The zero-order valence-electron chi connectivity index (χ0n) is 11.2. The predicted molar refractivity (Wildman–Crippen MR) is 81.9 cm³/mol. The molecule has 100 valence electrons. The summed E-state index contributed by atoms with van der Waals surface area (Å²) in [6, 6.07) is 20.0. The third-order valence-corrected chi connectivity index (χ3v) is 3.07. The van der Waals surface area contributed by atoms with E-state index in [1.807, 2.05) is 60.7 Å². The maximum atomic E-state index is 9.09. The third-order valence-electron chi connectivity index (χ3n) is 3.07. The van der Waals surface area contributed by atoms with Gasteiger partial charge in [0, 0.05) is 23.6 Å². The van der Waals surface area contributed by atoms with Crippen molar-refractivity contribution in [1.82, 2.24) is 9.97 Å². The summed E-state index contributed by atoms with van der Waals surface area (Å²) in [5.74, 6) is 0.461. The SMILES string of the molecule is N#Cc1nccnc1Nc1ccccc1-c1ccccc1. The largest absolute Gasteiger partial charge is 0.337 e. The number of hydrogen-bond acceptors (Lipinski definition) is 4. The fourth-order valence-corrected chi connectivity index (χ4v) is 2.10. The Kier molecular flexibility index (Phi) is 3.57. The Bertz CT molecular complexity index is 791. The monoisotopic (exact) mass is 272 g/mol. The third kappa shape index (κ3) is 2.72. The second kappa shape index (κ2) is 5.85. The lowest BCUT2D eigenvalue weighted by Crippen LogP contribution is -1.99. The van der Waals surface area contributed by atoms with E-state index < -0.39 is 0 Å². The van der Waals surface area contributed by atoms with Crippen molar-refractivity contribution in [2.45, 2.75) is 0 Å². The van der Waals surface area contributed by atoms with Crippen molar-refractivity contribution in [3.8, 4) is 17.2 Å². The predicted octanol–water partition coefficient (Wildman–Crippen LogP) is 3.76. The molecule has 4 heteroatoms. The lowest BCUT2D eigenvalue weighted by atomic mass is 10.0. The van der Waals surface area contributed by atoms with Crippen LogP contribution in [0.2, 0.25) is 0 Å². The highest BCUT2D eigenvalue weighted by Crippen LogP contribution is 2.29. The number of rotatable bonds is 3.